The van der Waals surface area contributed by atoms with Crippen molar-refractivity contribution in [1.29, 1.82) is 0 Å². The zero-order valence-corrected chi connectivity index (χ0v) is 10.6. The Labute approximate surface area is 107 Å². The minimum Gasteiger partial charge on any atom is -0.231 e. The number of aryl methyl sites for hydroxylation is 1. The van der Waals surface area contributed by atoms with Crippen LogP contribution in [0.2, 0.25) is 5.15 Å². The summed E-state index contributed by atoms with van der Waals surface area (Å²) in [7, 11) is 0. The summed E-state index contributed by atoms with van der Waals surface area (Å²) in [5, 5.41) is 1.33. The number of hydrogen-bond donors (Lipinski definition) is 0. The lowest BCUT2D eigenvalue weighted by atomic mass is 10.1. The van der Waals surface area contributed by atoms with E-state index in [2.05, 4.69) is 34.0 Å². The second-order valence-corrected chi connectivity index (χ2v) is 5.04. The van der Waals surface area contributed by atoms with Gasteiger partial charge in [-0.25, -0.2) is 15.0 Å². The van der Waals surface area contributed by atoms with Gasteiger partial charge in [0.2, 0.25) is 0 Å². The normalized spacial score (nSPS) is 10.9. The highest BCUT2D eigenvalue weighted by atomic mass is 35.5. The third kappa shape index (κ3) is 1.90. The maximum absolute atomic E-state index is 5.98. The molecule has 0 radical (unpaired) electrons. The SMILES string of the molecule is Cc1cccc(-c2nc3c(Cl)ncnc3s2)c1. The average molecular weight is 262 g/mol. The van der Waals surface area contributed by atoms with Gasteiger partial charge in [0.15, 0.2) is 5.15 Å². The molecule has 0 saturated heterocycles. The van der Waals surface area contributed by atoms with E-state index in [1.165, 1.54) is 23.2 Å². The Morgan fingerprint density at radius 1 is 1.24 bits per heavy atom. The lowest BCUT2D eigenvalue weighted by molar-refractivity contribution is 1.22. The van der Waals surface area contributed by atoms with Gasteiger partial charge in [-0.1, -0.05) is 46.7 Å². The lowest BCUT2D eigenvalue weighted by Crippen LogP contribution is -1.80. The molecule has 84 valence electrons. The highest BCUT2D eigenvalue weighted by Crippen LogP contribution is 2.31. The second-order valence-electron chi connectivity index (χ2n) is 3.71. The Balaban J connectivity index is 2.22. The number of fused-ring (bicyclic) bond motifs is 1. The van der Waals surface area contributed by atoms with Crippen LogP contribution in [0.15, 0.2) is 30.6 Å². The number of nitrogens with zero attached hydrogens (tertiary/aromatic N) is 3. The van der Waals surface area contributed by atoms with E-state index in [4.69, 9.17) is 11.6 Å². The van der Waals surface area contributed by atoms with Crippen molar-refractivity contribution in [2.24, 2.45) is 0 Å². The molecule has 0 bridgehead atoms. The van der Waals surface area contributed by atoms with Crippen molar-refractivity contribution in [3.63, 3.8) is 0 Å². The smallest absolute Gasteiger partial charge is 0.159 e. The highest BCUT2D eigenvalue weighted by molar-refractivity contribution is 7.21. The molecule has 5 heteroatoms. The number of thiazole rings is 1. The van der Waals surface area contributed by atoms with Crippen LogP contribution in [-0.4, -0.2) is 15.0 Å². The molecule has 0 spiro atoms. The summed E-state index contributed by atoms with van der Waals surface area (Å²) < 4.78 is 0. The Hall–Kier alpha value is -1.52. The Morgan fingerprint density at radius 3 is 2.88 bits per heavy atom. The van der Waals surface area contributed by atoms with Crippen molar-refractivity contribution in [2.45, 2.75) is 6.92 Å². The summed E-state index contributed by atoms with van der Waals surface area (Å²) in [6.07, 6.45) is 1.46. The number of benzene rings is 1. The zero-order chi connectivity index (χ0) is 11.8. The first kappa shape index (κ1) is 10.6. The van der Waals surface area contributed by atoms with E-state index >= 15 is 0 Å². The van der Waals surface area contributed by atoms with Gasteiger partial charge in [-0.15, -0.1) is 0 Å². The molecule has 0 N–H and O–H groups in total. The fraction of sp³-hybridized carbons (Fsp3) is 0.0833. The van der Waals surface area contributed by atoms with E-state index in [0.29, 0.717) is 10.7 Å². The molecule has 1 aromatic carbocycles. The molecule has 3 rings (SSSR count). The van der Waals surface area contributed by atoms with Crippen molar-refractivity contribution in [3.05, 3.63) is 41.3 Å². The molecule has 0 aliphatic carbocycles. The van der Waals surface area contributed by atoms with Crippen LogP contribution in [0.1, 0.15) is 5.56 Å². The zero-order valence-electron chi connectivity index (χ0n) is 9.01. The Morgan fingerprint density at radius 2 is 2.12 bits per heavy atom. The lowest BCUT2D eigenvalue weighted by Gasteiger charge is -1.96. The maximum atomic E-state index is 5.98. The van der Waals surface area contributed by atoms with Crippen LogP contribution in [0.3, 0.4) is 0 Å². The van der Waals surface area contributed by atoms with E-state index in [-0.39, 0.29) is 0 Å². The van der Waals surface area contributed by atoms with E-state index in [9.17, 15) is 0 Å². The highest BCUT2D eigenvalue weighted by Gasteiger charge is 2.10. The fourth-order valence-corrected chi connectivity index (χ4v) is 2.76. The van der Waals surface area contributed by atoms with Crippen LogP contribution in [0.4, 0.5) is 0 Å². The number of rotatable bonds is 1. The molecule has 0 atom stereocenters. The van der Waals surface area contributed by atoms with Crippen molar-refractivity contribution < 1.29 is 0 Å². The third-order valence-electron chi connectivity index (χ3n) is 2.42. The van der Waals surface area contributed by atoms with Crippen LogP contribution in [0, 0.1) is 6.92 Å². The molecule has 0 aliphatic rings. The summed E-state index contributed by atoms with van der Waals surface area (Å²) in [6, 6.07) is 8.21. The van der Waals surface area contributed by atoms with Gasteiger partial charge in [0.1, 0.15) is 21.7 Å². The van der Waals surface area contributed by atoms with Crippen molar-refractivity contribution in [2.75, 3.05) is 0 Å². The topological polar surface area (TPSA) is 38.7 Å². The Kier molecular flexibility index (Phi) is 2.53. The molecular formula is C12H8ClN3S. The fourth-order valence-electron chi connectivity index (χ4n) is 1.63. The standard InChI is InChI=1S/C12H8ClN3S/c1-7-3-2-4-8(5-7)11-16-9-10(13)14-6-15-12(9)17-11/h2-6H,1H3. The number of aromatic nitrogens is 3. The van der Waals surface area contributed by atoms with Crippen molar-refractivity contribution in [3.8, 4) is 10.6 Å². The van der Waals surface area contributed by atoms with Crippen LogP contribution in [-0.2, 0) is 0 Å². The van der Waals surface area contributed by atoms with Crippen LogP contribution in [0.25, 0.3) is 20.9 Å². The monoisotopic (exact) mass is 261 g/mol. The van der Waals surface area contributed by atoms with Gasteiger partial charge in [-0.05, 0) is 13.0 Å². The van der Waals surface area contributed by atoms with Crippen LogP contribution in [0.5, 0.6) is 0 Å². The van der Waals surface area contributed by atoms with Crippen molar-refractivity contribution >= 4 is 33.3 Å². The molecule has 0 amide bonds. The molecule has 2 heterocycles. The first-order chi connectivity index (χ1) is 8.24. The van der Waals surface area contributed by atoms with E-state index in [0.717, 1.165) is 15.4 Å². The van der Waals surface area contributed by atoms with Crippen LogP contribution >= 0.6 is 22.9 Å². The quantitative estimate of drug-likeness (QED) is 0.627. The molecular weight excluding hydrogens is 254 g/mol. The molecule has 0 saturated carbocycles. The van der Waals surface area contributed by atoms with Gasteiger partial charge in [0.05, 0.1) is 0 Å². The molecule has 3 nitrogen and oxygen atoms in total. The largest absolute Gasteiger partial charge is 0.231 e. The average Bonchev–Trinajstić information content (AvgIpc) is 2.74. The number of hydrogen-bond acceptors (Lipinski definition) is 4. The van der Waals surface area contributed by atoms with Gasteiger partial charge in [-0.2, -0.15) is 0 Å². The van der Waals surface area contributed by atoms with Gasteiger partial charge in [0, 0.05) is 5.56 Å². The van der Waals surface area contributed by atoms with Crippen LogP contribution < -0.4 is 0 Å². The first-order valence-corrected chi connectivity index (χ1v) is 6.27. The van der Waals surface area contributed by atoms with Crippen molar-refractivity contribution in [1.82, 2.24) is 15.0 Å². The molecule has 0 unspecified atom stereocenters. The predicted molar refractivity (Wildman–Crippen MR) is 70.4 cm³/mol. The molecule has 2 aromatic heterocycles. The Bertz CT molecular complexity index is 693. The summed E-state index contributed by atoms with van der Waals surface area (Å²) >= 11 is 7.51. The molecule has 0 fully saturated rings. The van der Waals surface area contributed by atoms with E-state index in [1.54, 1.807) is 0 Å². The van der Waals surface area contributed by atoms with E-state index < -0.39 is 0 Å². The van der Waals surface area contributed by atoms with Gasteiger partial charge >= 0.3 is 0 Å². The van der Waals surface area contributed by atoms with Gasteiger partial charge < -0.3 is 0 Å². The first-order valence-electron chi connectivity index (χ1n) is 5.08. The molecule has 17 heavy (non-hydrogen) atoms. The summed E-state index contributed by atoms with van der Waals surface area (Å²) in [5.74, 6) is 0. The molecule has 3 aromatic rings. The predicted octanol–water partition coefficient (Wildman–Crippen LogP) is 3.72. The second kappa shape index (κ2) is 4.05. The summed E-state index contributed by atoms with van der Waals surface area (Å²) in [6.45, 7) is 2.06. The number of halogens is 1. The third-order valence-corrected chi connectivity index (χ3v) is 3.70. The van der Waals surface area contributed by atoms with Gasteiger partial charge in [-0.3, -0.25) is 0 Å². The van der Waals surface area contributed by atoms with E-state index in [1.807, 2.05) is 12.1 Å². The minimum absolute atomic E-state index is 0.408. The minimum atomic E-state index is 0.408. The molecule has 0 aliphatic heterocycles. The van der Waals surface area contributed by atoms with Gasteiger partial charge in [0.25, 0.3) is 0 Å². The maximum Gasteiger partial charge on any atom is 0.159 e. The summed E-state index contributed by atoms with van der Waals surface area (Å²) in [4.78, 5) is 13.4. The summed E-state index contributed by atoms with van der Waals surface area (Å²) in [5.41, 5.74) is 2.97.